The molecule has 0 N–H and O–H groups in total. The Morgan fingerprint density at radius 2 is 1.46 bits per heavy atom. The third kappa shape index (κ3) is 5.19. The van der Waals surface area contributed by atoms with Gasteiger partial charge in [-0.05, 0) is 63.3 Å². The minimum absolute atomic E-state index is 0.0283. The molecule has 0 heterocycles. The van der Waals surface area contributed by atoms with Gasteiger partial charge >= 0.3 is 10.1 Å². The van der Waals surface area contributed by atoms with Crippen LogP contribution >= 0.6 is 0 Å². The molecule has 0 radical (unpaired) electrons. The van der Waals surface area contributed by atoms with Crippen molar-refractivity contribution in [2.75, 3.05) is 0 Å². The SMILES string of the molecule is Cc1ccc(S(=O)(=O)Oc2ccc(C(C)O[Si](C)(C)C)cc2)cc1. The topological polar surface area (TPSA) is 52.6 Å². The van der Waals surface area contributed by atoms with E-state index in [0.29, 0.717) is 5.75 Å². The summed E-state index contributed by atoms with van der Waals surface area (Å²) in [6, 6.07) is 13.6. The summed E-state index contributed by atoms with van der Waals surface area (Å²) in [5.41, 5.74) is 1.99. The maximum Gasteiger partial charge on any atom is 0.339 e. The first-order valence-corrected chi connectivity index (χ1v) is 12.7. The Hall–Kier alpha value is -1.63. The van der Waals surface area contributed by atoms with E-state index in [1.807, 2.05) is 26.0 Å². The molecule has 0 aliphatic heterocycles. The van der Waals surface area contributed by atoms with E-state index in [1.54, 1.807) is 36.4 Å². The van der Waals surface area contributed by atoms with Crippen molar-refractivity contribution in [3.63, 3.8) is 0 Å². The fourth-order valence-corrected chi connectivity index (χ4v) is 4.40. The van der Waals surface area contributed by atoms with Gasteiger partial charge in [-0.15, -0.1) is 0 Å². The van der Waals surface area contributed by atoms with Crippen LogP contribution in [0.4, 0.5) is 0 Å². The van der Waals surface area contributed by atoms with Crippen LogP contribution in [0.2, 0.25) is 19.6 Å². The second-order valence-corrected chi connectivity index (χ2v) is 12.8. The smallest absolute Gasteiger partial charge is 0.339 e. The highest BCUT2D eigenvalue weighted by Gasteiger charge is 2.20. The van der Waals surface area contributed by atoms with Gasteiger partial charge in [0, 0.05) is 0 Å². The van der Waals surface area contributed by atoms with Gasteiger partial charge in [-0.3, -0.25) is 0 Å². The molecule has 0 amide bonds. The summed E-state index contributed by atoms with van der Waals surface area (Å²) < 4.78 is 35.8. The van der Waals surface area contributed by atoms with Gasteiger partial charge in [0.2, 0.25) is 0 Å². The lowest BCUT2D eigenvalue weighted by Crippen LogP contribution is -2.26. The third-order valence-corrected chi connectivity index (χ3v) is 5.72. The summed E-state index contributed by atoms with van der Waals surface area (Å²) in [5, 5.41) is 0. The van der Waals surface area contributed by atoms with Gasteiger partial charge in [-0.1, -0.05) is 29.8 Å². The molecule has 130 valence electrons. The molecule has 1 atom stereocenters. The van der Waals surface area contributed by atoms with Crippen LogP contribution in [0.5, 0.6) is 5.75 Å². The Bertz CT molecular complexity index is 775. The van der Waals surface area contributed by atoms with Gasteiger partial charge < -0.3 is 8.61 Å². The summed E-state index contributed by atoms with van der Waals surface area (Å²) in [6.45, 7) is 10.3. The maximum absolute atomic E-state index is 12.3. The van der Waals surface area contributed by atoms with Crippen LogP contribution in [0.3, 0.4) is 0 Å². The summed E-state index contributed by atoms with van der Waals surface area (Å²) >= 11 is 0. The first-order chi connectivity index (χ1) is 11.1. The van der Waals surface area contributed by atoms with Gasteiger partial charge in [-0.2, -0.15) is 8.42 Å². The van der Waals surface area contributed by atoms with E-state index in [1.165, 1.54) is 0 Å². The number of hydrogen-bond acceptors (Lipinski definition) is 4. The Morgan fingerprint density at radius 3 is 1.96 bits per heavy atom. The number of aryl methyl sites for hydroxylation is 1. The molecule has 2 rings (SSSR count). The van der Waals surface area contributed by atoms with Crippen molar-refractivity contribution in [3.8, 4) is 5.75 Å². The fraction of sp³-hybridized carbons (Fsp3) is 0.333. The van der Waals surface area contributed by atoms with Gasteiger partial charge in [0.1, 0.15) is 10.6 Å². The Kier molecular flexibility index (Phi) is 5.52. The highest BCUT2D eigenvalue weighted by Crippen LogP contribution is 2.25. The largest absolute Gasteiger partial charge is 0.411 e. The molecule has 4 nitrogen and oxygen atoms in total. The molecule has 0 spiro atoms. The van der Waals surface area contributed by atoms with Crippen LogP contribution in [0.15, 0.2) is 53.4 Å². The molecule has 0 aliphatic rings. The molecule has 0 saturated heterocycles. The molecular formula is C18H24O4SSi. The first kappa shape index (κ1) is 18.7. The van der Waals surface area contributed by atoms with E-state index in [-0.39, 0.29) is 11.0 Å². The van der Waals surface area contributed by atoms with Gasteiger partial charge in [0.15, 0.2) is 8.32 Å². The number of hydrogen-bond donors (Lipinski definition) is 0. The molecule has 0 saturated carbocycles. The van der Waals surface area contributed by atoms with Gasteiger partial charge in [0.25, 0.3) is 0 Å². The van der Waals surface area contributed by atoms with E-state index in [9.17, 15) is 8.42 Å². The summed E-state index contributed by atoms with van der Waals surface area (Å²) in [6.07, 6.45) is -0.0283. The Balaban J connectivity index is 2.12. The Morgan fingerprint density at radius 1 is 0.917 bits per heavy atom. The van der Waals surface area contributed by atoms with E-state index < -0.39 is 18.4 Å². The average molecular weight is 365 g/mol. The van der Waals surface area contributed by atoms with Crippen molar-refractivity contribution in [2.45, 2.75) is 44.5 Å². The zero-order chi connectivity index (χ0) is 18.0. The van der Waals surface area contributed by atoms with Gasteiger partial charge in [0.05, 0.1) is 6.10 Å². The van der Waals surface area contributed by atoms with E-state index in [2.05, 4.69) is 19.6 Å². The number of rotatable bonds is 6. The molecule has 0 bridgehead atoms. The molecule has 0 aromatic heterocycles. The zero-order valence-electron chi connectivity index (χ0n) is 14.7. The van der Waals surface area contributed by atoms with E-state index in [4.69, 9.17) is 8.61 Å². The molecule has 2 aromatic carbocycles. The van der Waals surface area contributed by atoms with Crippen molar-refractivity contribution in [3.05, 3.63) is 59.7 Å². The lowest BCUT2D eigenvalue weighted by Gasteiger charge is -2.23. The van der Waals surface area contributed by atoms with Gasteiger partial charge in [-0.25, -0.2) is 0 Å². The van der Waals surface area contributed by atoms with Crippen molar-refractivity contribution in [2.24, 2.45) is 0 Å². The van der Waals surface area contributed by atoms with Crippen LogP contribution in [-0.2, 0) is 14.5 Å². The predicted molar refractivity (Wildman–Crippen MR) is 98.3 cm³/mol. The standard InChI is InChI=1S/C18H24O4SSi/c1-14-6-12-18(13-7-14)23(19,20)21-17-10-8-16(9-11-17)15(2)22-24(3,4)5/h6-13,15H,1-5H3. The molecular weight excluding hydrogens is 340 g/mol. The summed E-state index contributed by atoms with van der Waals surface area (Å²) in [5.74, 6) is 0.291. The molecule has 2 aromatic rings. The number of benzene rings is 2. The molecule has 6 heteroatoms. The average Bonchev–Trinajstić information content (AvgIpc) is 2.46. The summed E-state index contributed by atoms with van der Waals surface area (Å²) in [4.78, 5) is 0.146. The molecule has 1 unspecified atom stereocenters. The fourth-order valence-electron chi connectivity index (χ4n) is 2.27. The monoisotopic (exact) mass is 364 g/mol. The van der Waals surface area contributed by atoms with Crippen molar-refractivity contribution < 1.29 is 17.0 Å². The van der Waals surface area contributed by atoms with E-state index in [0.717, 1.165) is 11.1 Å². The lowest BCUT2D eigenvalue weighted by molar-refractivity contribution is 0.219. The quantitative estimate of drug-likeness (QED) is 0.552. The van der Waals surface area contributed by atoms with Crippen LogP contribution in [0, 0.1) is 6.92 Å². The molecule has 0 aliphatic carbocycles. The van der Waals surface area contributed by atoms with Crippen LogP contribution < -0.4 is 4.18 Å². The maximum atomic E-state index is 12.3. The minimum atomic E-state index is -3.82. The highest BCUT2D eigenvalue weighted by molar-refractivity contribution is 7.87. The normalized spacial score (nSPS) is 13.5. The molecule has 0 fully saturated rings. The lowest BCUT2D eigenvalue weighted by atomic mass is 10.1. The van der Waals surface area contributed by atoms with Crippen molar-refractivity contribution in [1.29, 1.82) is 0 Å². The van der Waals surface area contributed by atoms with Crippen LogP contribution in [0.25, 0.3) is 0 Å². The van der Waals surface area contributed by atoms with Crippen LogP contribution in [-0.4, -0.2) is 16.7 Å². The second-order valence-electron chi connectivity index (χ2n) is 6.79. The Labute approximate surface area is 145 Å². The first-order valence-electron chi connectivity index (χ1n) is 7.86. The van der Waals surface area contributed by atoms with Crippen molar-refractivity contribution >= 4 is 18.4 Å². The van der Waals surface area contributed by atoms with Crippen LogP contribution in [0.1, 0.15) is 24.2 Å². The van der Waals surface area contributed by atoms with E-state index >= 15 is 0 Å². The van der Waals surface area contributed by atoms with Crippen molar-refractivity contribution in [1.82, 2.24) is 0 Å². The summed E-state index contributed by atoms with van der Waals surface area (Å²) in [7, 11) is -5.45. The second kappa shape index (κ2) is 7.09. The predicted octanol–water partition coefficient (Wildman–Crippen LogP) is 4.68. The highest BCUT2D eigenvalue weighted by atomic mass is 32.2. The third-order valence-electron chi connectivity index (χ3n) is 3.40. The molecule has 24 heavy (non-hydrogen) atoms. The minimum Gasteiger partial charge on any atom is -0.411 e. The zero-order valence-corrected chi connectivity index (χ0v) is 16.6.